The minimum absolute atomic E-state index is 0. The number of hydrogen-bond donors (Lipinski definition) is 2. The van der Waals surface area contributed by atoms with Crippen molar-refractivity contribution in [2.24, 2.45) is 0 Å². The molecule has 0 aliphatic carbocycles. The van der Waals surface area contributed by atoms with E-state index in [0.717, 1.165) is 58.7 Å². The van der Waals surface area contributed by atoms with Gasteiger partial charge in [0.15, 0.2) is 0 Å². The van der Waals surface area contributed by atoms with E-state index in [1.54, 1.807) is 29.2 Å². The van der Waals surface area contributed by atoms with E-state index in [0.29, 0.717) is 41.5 Å². The van der Waals surface area contributed by atoms with Crippen LogP contribution < -0.4 is 59.1 Å². The summed E-state index contributed by atoms with van der Waals surface area (Å²) in [5.41, 5.74) is 6.74. The minimum Gasteiger partial charge on any atom is -0.509 e. The zero-order valence-electron chi connectivity index (χ0n) is 25.7. The quantitative estimate of drug-likeness (QED) is 0.235. The van der Waals surface area contributed by atoms with E-state index in [2.05, 4.69) is 62.4 Å². The number of nitrogens with one attached hydrogen (secondary N) is 1. The van der Waals surface area contributed by atoms with E-state index in [1.165, 1.54) is 0 Å². The molecule has 216 valence electrons. The summed E-state index contributed by atoms with van der Waals surface area (Å²) in [5, 5.41) is 27.2. The van der Waals surface area contributed by atoms with E-state index in [9.17, 15) is 9.90 Å². The van der Waals surface area contributed by atoms with Crippen LogP contribution in [0.3, 0.4) is 0 Å². The summed E-state index contributed by atoms with van der Waals surface area (Å²) in [4.78, 5) is 20.5. The number of aliphatic hydroxyl groups is 1. The predicted molar refractivity (Wildman–Crippen MR) is 164 cm³/mol. The van der Waals surface area contributed by atoms with Gasteiger partial charge in [-0.15, -0.1) is 10.2 Å². The first-order valence-electron chi connectivity index (χ1n) is 14.5. The van der Waals surface area contributed by atoms with Crippen LogP contribution in [-0.2, 0) is 24.2 Å². The van der Waals surface area contributed by atoms with Crippen LogP contribution in [0, 0.1) is 0 Å². The maximum Gasteiger partial charge on any atom is 1.00 e. The van der Waals surface area contributed by atoms with Gasteiger partial charge in [0, 0.05) is 36.5 Å². The molecular formula is C33H30ClN7Na2O2+2. The van der Waals surface area contributed by atoms with Gasteiger partial charge in [-0.05, 0) is 52.1 Å². The van der Waals surface area contributed by atoms with E-state index >= 15 is 0 Å². The van der Waals surface area contributed by atoms with Crippen LogP contribution in [0.2, 0.25) is 5.02 Å². The summed E-state index contributed by atoms with van der Waals surface area (Å²) >= 11 is 6.11. The summed E-state index contributed by atoms with van der Waals surface area (Å²) in [6, 6.07) is 22.9. The van der Waals surface area contributed by atoms with Crippen LogP contribution >= 0.6 is 11.6 Å². The number of rotatable bonds is 8. The molecule has 45 heavy (non-hydrogen) atoms. The molecule has 0 bridgehead atoms. The number of H-pyrrole nitrogens is 1. The van der Waals surface area contributed by atoms with Gasteiger partial charge in [0.1, 0.15) is 17.6 Å². The van der Waals surface area contributed by atoms with Crippen LogP contribution in [0.1, 0.15) is 54.1 Å². The van der Waals surface area contributed by atoms with Crippen molar-refractivity contribution in [3.05, 3.63) is 112 Å². The SMILES string of the molecule is CCCCc1nc2c(n1Cc1ccc(-c3ccccc3)c(-c3nn[nH]n3)c1)C1C(O)=C(c3ccc(Cl)cc3)C(=O)N1CC2.[Na+].[Na+]. The number of tetrazole rings is 1. The van der Waals surface area contributed by atoms with Crippen molar-refractivity contribution < 1.29 is 69.0 Å². The topological polar surface area (TPSA) is 113 Å². The fourth-order valence-corrected chi connectivity index (χ4v) is 6.37. The third-order valence-electron chi connectivity index (χ3n) is 8.29. The largest absolute Gasteiger partial charge is 1.00 e. The smallest absolute Gasteiger partial charge is 0.509 e. The molecule has 1 atom stereocenters. The van der Waals surface area contributed by atoms with Crippen molar-refractivity contribution in [1.82, 2.24) is 35.1 Å². The average molecular weight is 638 g/mol. The Morgan fingerprint density at radius 2 is 1.78 bits per heavy atom. The maximum atomic E-state index is 13.7. The van der Waals surface area contributed by atoms with E-state index in [-0.39, 0.29) is 70.8 Å². The summed E-state index contributed by atoms with van der Waals surface area (Å²) in [6.45, 7) is 3.18. The van der Waals surface area contributed by atoms with Gasteiger partial charge in [0.25, 0.3) is 5.91 Å². The number of aromatic amines is 1. The molecule has 0 fully saturated rings. The van der Waals surface area contributed by atoms with Crippen molar-refractivity contribution >= 4 is 23.1 Å². The average Bonchev–Trinajstić information content (AvgIpc) is 3.75. The molecule has 1 amide bonds. The monoisotopic (exact) mass is 637 g/mol. The second-order valence-corrected chi connectivity index (χ2v) is 11.4. The van der Waals surface area contributed by atoms with Crippen LogP contribution in [0.15, 0.2) is 78.6 Å². The van der Waals surface area contributed by atoms with Gasteiger partial charge in [-0.1, -0.05) is 79.5 Å². The summed E-state index contributed by atoms with van der Waals surface area (Å²) in [7, 11) is 0. The van der Waals surface area contributed by atoms with E-state index in [1.807, 2.05) is 18.2 Å². The van der Waals surface area contributed by atoms with Crippen LogP contribution in [-0.4, -0.2) is 52.6 Å². The number of amides is 1. The molecular weight excluding hydrogens is 608 g/mol. The molecule has 2 aliphatic heterocycles. The Morgan fingerprint density at radius 1 is 1.00 bits per heavy atom. The molecule has 4 heterocycles. The molecule has 2 N–H and O–H groups in total. The number of benzene rings is 3. The number of carbonyl (C=O) groups excluding carboxylic acids is 1. The molecule has 1 unspecified atom stereocenters. The normalized spacial score (nSPS) is 15.4. The third-order valence-corrected chi connectivity index (χ3v) is 8.55. The number of halogens is 1. The number of hydrogen-bond acceptors (Lipinski definition) is 6. The van der Waals surface area contributed by atoms with Crippen LogP contribution in [0.5, 0.6) is 0 Å². The minimum atomic E-state index is -0.593. The molecule has 0 saturated carbocycles. The van der Waals surface area contributed by atoms with Gasteiger partial charge >= 0.3 is 59.1 Å². The Balaban J connectivity index is 0.00000200. The number of imidazole rings is 1. The van der Waals surface area contributed by atoms with Crippen molar-refractivity contribution in [3.8, 4) is 22.5 Å². The fraction of sp³-hybridized carbons (Fsp3) is 0.242. The number of unbranched alkanes of at least 4 members (excludes halogenated alkanes) is 1. The molecule has 3 aromatic carbocycles. The first-order valence-corrected chi connectivity index (χ1v) is 14.9. The molecule has 12 heteroatoms. The molecule has 0 radical (unpaired) electrons. The number of aromatic nitrogens is 6. The van der Waals surface area contributed by atoms with Gasteiger partial charge in [0.05, 0.1) is 17.0 Å². The molecule has 2 aromatic heterocycles. The standard InChI is InChI=1S/C33H30ClN7O2.2Na/c1-2-3-9-27-35-26-16-17-40-30(31(42)28(33(40)43)22-11-13-23(34)14-12-22)29(26)41(27)19-20-10-15-24(21-7-5-4-6-8-21)25(18-20)32-36-38-39-37-32;;/h4-8,10-15,18,30,42H,2-3,9,16-17,19H2,1H3,(H,36,37,38,39);;/q;2*+1. The molecule has 7 rings (SSSR count). The molecule has 0 saturated heterocycles. The van der Waals surface area contributed by atoms with Crippen LogP contribution in [0.4, 0.5) is 0 Å². The van der Waals surface area contributed by atoms with Crippen molar-refractivity contribution in [1.29, 1.82) is 0 Å². The van der Waals surface area contributed by atoms with Gasteiger partial charge < -0.3 is 14.6 Å². The number of carbonyl (C=O) groups is 1. The predicted octanol–water partition coefficient (Wildman–Crippen LogP) is 0.191. The second kappa shape index (κ2) is 14.3. The van der Waals surface area contributed by atoms with E-state index < -0.39 is 6.04 Å². The molecule has 2 aliphatic rings. The number of aryl methyl sites for hydroxylation is 1. The Morgan fingerprint density at radius 3 is 2.49 bits per heavy atom. The Hall–Kier alpha value is -2.76. The van der Waals surface area contributed by atoms with Gasteiger partial charge in [-0.3, -0.25) is 4.79 Å². The van der Waals surface area contributed by atoms with Gasteiger partial charge in [0.2, 0.25) is 5.82 Å². The Bertz CT molecular complexity index is 1840. The van der Waals surface area contributed by atoms with Crippen molar-refractivity contribution in [2.45, 2.75) is 45.2 Å². The summed E-state index contributed by atoms with van der Waals surface area (Å²) in [6.07, 6.45) is 3.46. The van der Waals surface area contributed by atoms with Crippen molar-refractivity contribution in [3.63, 3.8) is 0 Å². The van der Waals surface area contributed by atoms with Crippen LogP contribution in [0.25, 0.3) is 28.1 Å². The second-order valence-electron chi connectivity index (χ2n) is 10.9. The molecule has 5 aromatic rings. The zero-order chi connectivity index (χ0) is 29.5. The third kappa shape index (κ3) is 6.32. The van der Waals surface area contributed by atoms with Gasteiger partial charge in [-0.2, -0.15) is 5.21 Å². The number of aliphatic hydroxyl groups excluding tert-OH is 1. The summed E-state index contributed by atoms with van der Waals surface area (Å²) < 4.78 is 2.20. The first kappa shape index (κ1) is 33.6. The summed E-state index contributed by atoms with van der Waals surface area (Å²) in [5.74, 6) is 1.36. The van der Waals surface area contributed by atoms with Crippen molar-refractivity contribution in [2.75, 3.05) is 6.54 Å². The Labute approximate surface area is 310 Å². The number of nitrogens with zero attached hydrogens (tertiary/aromatic N) is 6. The maximum absolute atomic E-state index is 13.7. The molecule has 9 nitrogen and oxygen atoms in total. The van der Waals surface area contributed by atoms with E-state index in [4.69, 9.17) is 16.6 Å². The van der Waals surface area contributed by atoms with Gasteiger partial charge in [-0.25, -0.2) is 4.98 Å². The zero-order valence-corrected chi connectivity index (χ0v) is 30.4. The number of fused-ring (bicyclic) bond motifs is 3. The molecule has 0 spiro atoms. The Kier molecular flexibility index (Phi) is 10.7. The fourth-order valence-electron chi connectivity index (χ4n) is 6.24. The first-order chi connectivity index (χ1) is 21.0.